The summed E-state index contributed by atoms with van der Waals surface area (Å²) in [5, 5.41) is 9.59. The number of rotatable bonds is 42. The number of allylic oxidation sites excluding steroid dienone is 4. The maximum Gasteiger partial charge on any atom is 0.306 e. The molecule has 52 heavy (non-hydrogen) atoms. The van der Waals surface area contributed by atoms with Crippen LogP contribution in [-0.2, 0) is 19.1 Å². The molecule has 0 saturated carbocycles. The van der Waals surface area contributed by atoms with Crippen LogP contribution in [-0.4, -0.2) is 36.4 Å². The molecule has 0 aliphatic heterocycles. The number of carbonyl (C=O) groups excluding carboxylic acids is 2. The Hall–Kier alpha value is -1.62. The Balaban J connectivity index is 3.49. The summed E-state index contributed by atoms with van der Waals surface area (Å²) >= 11 is 0. The van der Waals surface area contributed by atoms with Crippen molar-refractivity contribution in [3.05, 3.63) is 24.3 Å². The molecule has 0 fully saturated rings. The van der Waals surface area contributed by atoms with Gasteiger partial charge in [0.15, 0.2) is 6.10 Å². The van der Waals surface area contributed by atoms with E-state index in [1.54, 1.807) is 0 Å². The summed E-state index contributed by atoms with van der Waals surface area (Å²) < 4.78 is 10.6. The monoisotopic (exact) mass is 733 g/mol. The van der Waals surface area contributed by atoms with Crippen molar-refractivity contribution in [1.29, 1.82) is 0 Å². The Bertz CT molecular complexity index is 791. The van der Waals surface area contributed by atoms with Crippen LogP contribution in [0.3, 0.4) is 0 Å². The molecule has 0 rings (SSSR count). The number of ether oxygens (including phenoxy) is 2. The first-order valence-electron chi connectivity index (χ1n) is 22.9. The van der Waals surface area contributed by atoms with E-state index in [-0.39, 0.29) is 25.2 Å². The summed E-state index contributed by atoms with van der Waals surface area (Å²) in [7, 11) is 0. The molecule has 0 aromatic heterocycles. The molecule has 306 valence electrons. The first-order chi connectivity index (χ1) is 25.6. The number of carbonyl (C=O) groups is 2. The summed E-state index contributed by atoms with van der Waals surface area (Å²) in [4.78, 5) is 24.4. The largest absolute Gasteiger partial charge is 0.462 e. The SMILES string of the molecule is CCCCCC=CCC=CCCCCCCCCCC(=O)OCC(CO)OC(=O)CCCCCCCCCCCCCCCCCCCCCCC. The highest BCUT2D eigenvalue weighted by Crippen LogP contribution is 2.16. The van der Waals surface area contributed by atoms with Gasteiger partial charge >= 0.3 is 11.9 Å². The van der Waals surface area contributed by atoms with Crippen molar-refractivity contribution in [3.63, 3.8) is 0 Å². The molecule has 1 N–H and O–H groups in total. The number of hydrogen-bond donors (Lipinski definition) is 1. The van der Waals surface area contributed by atoms with Crippen molar-refractivity contribution >= 4 is 11.9 Å². The van der Waals surface area contributed by atoms with Crippen molar-refractivity contribution in [2.75, 3.05) is 13.2 Å². The van der Waals surface area contributed by atoms with Gasteiger partial charge in [-0.05, 0) is 44.9 Å². The highest BCUT2D eigenvalue weighted by atomic mass is 16.6. The van der Waals surface area contributed by atoms with Crippen LogP contribution in [0.5, 0.6) is 0 Å². The fourth-order valence-corrected chi connectivity index (χ4v) is 6.76. The van der Waals surface area contributed by atoms with Crippen molar-refractivity contribution in [2.24, 2.45) is 0 Å². The van der Waals surface area contributed by atoms with Crippen LogP contribution in [0.1, 0.15) is 245 Å². The predicted molar refractivity (Wildman–Crippen MR) is 224 cm³/mol. The Morgan fingerprint density at radius 1 is 0.442 bits per heavy atom. The summed E-state index contributed by atoms with van der Waals surface area (Å²) in [6.45, 7) is 4.14. The lowest BCUT2D eigenvalue weighted by Crippen LogP contribution is -2.28. The molecular formula is C47H88O5. The lowest BCUT2D eigenvalue weighted by Gasteiger charge is -2.15. The number of aliphatic hydroxyl groups excluding tert-OH is 1. The van der Waals surface area contributed by atoms with Gasteiger partial charge in [-0.15, -0.1) is 0 Å². The van der Waals surface area contributed by atoms with Crippen LogP contribution < -0.4 is 0 Å². The zero-order valence-corrected chi connectivity index (χ0v) is 34.8. The van der Waals surface area contributed by atoms with Gasteiger partial charge in [0.05, 0.1) is 6.61 Å². The lowest BCUT2D eigenvalue weighted by molar-refractivity contribution is -0.161. The van der Waals surface area contributed by atoms with Crippen LogP contribution in [0, 0.1) is 0 Å². The Labute approximate surface area is 323 Å². The molecule has 5 nitrogen and oxygen atoms in total. The van der Waals surface area contributed by atoms with Crippen molar-refractivity contribution in [1.82, 2.24) is 0 Å². The van der Waals surface area contributed by atoms with E-state index in [1.807, 2.05) is 0 Å². The second-order valence-electron chi connectivity index (χ2n) is 15.5. The Kier molecular flexibility index (Phi) is 42.4. The average molecular weight is 733 g/mol. The molecule has 1 atom stereocenters. The van der Waals surface area contributed by atoms with E-state index in [4.69, 9.17) is 9.47 Å². The van der Waals surface area contributed by atoms with Gasteiger partial charge in [-0.25, -0.2) is 0 Å². The maximum atomic E-state index is 12.2. The summed E-state index contributed by atoms with van der Waals surface area (Å²) in [6.07, 6.45) is 52.5. The topological polar surface area (TPSA) is 72.8 Å². The zero-order valence-electron chi connectivity index (χ0n) is 34.8. The molecule has 0 heterocycles. The second-order valence-corrected chi connectivity index (χ2v) is 15.5. The van der Waals surface area contributed by atoms with Gasteiger partial charge in [0, 0.05) is 12.8 Å². The molecule has 5 heteroatoms. The van der Waals surface area contributed by atoms with E-state index < -0.39 is 6.10 Å². The molecule has 0 saturated heterocycles. The zero-order chi connectivity index (χ0) is 37.8. The number of esters is 2. The highest BCUT2D eigenvalue weighted by Gasteiger charge is 2.16. The Morgan fingerprint density at radius 3 is 1.17 bits per heavy atom. The smallest absolute Gasteiger partial charge is 0.306 e. The normalized spacial score (nSPS) is 12.3. The van der Waals surface area contributed by atoms with Crippen LogP contribution in [0.25, 0.3) is 0 Å². The summed E-state index contributed by atoms with van der Waals surface area (Å²) in [6, 6.07) is 0. The van der Waals surface area contributed by atoms with Crippen molar-refractivity contribution in [2.45, 2.75) is 251 Å². The van der Waals surface area contributed by atoms with Gasteiger partial charge in [0.25, 0.3) is 0 Å². The van der Waals surface area contributed by atoms with Gasteiger partial charge in [-0.1, -0.05) is 212 Å². The van der Waals surface area contributed by atoms with Gasteiger partial charge in [0.2, 0.25) is 0 Å². The molecule has 0 radical (unpaired) electrons. The van der Waals surface area contributed by atoms with E-state index in [0.717, 1.165) is 44.9 Å². The second kappa shape index (κ2) is 43.8. The number of hydrogen-bond acceptors (Lipinski definition) is 5. The molecule has 0 aliphatic carbocycles. The molecule has 0 aliphatic rings. The van der Waals surface area contributed by atoms with E-state index in [1.165, 1.54) is 173 Å². The Morgan fingerprint density at radius 2 is 0.769 bits per heavy atom. The standard InChI is InChI=1S/C47H88O5/c1-3-5-7-9-11-13-15-17-19-21-22-23-24-26-28-30-32-34-36-38-40-42-47(50)52-45(43-48)44-51-46(49)41-39-37-35-33-31-29-27-25-20-18-16-14-12-10-8-6-4-2/h12,14,18,20,45,48H,3-11,13,15-17,19,21-44H2,1-2H3. The van der Waals surface area contributed by atoms with Gasteiger partial charge in [-0.3, -0.25) is 9.59 Å². The fraction of sp³-hybridized carbons (Fsp3) is 0.872. The average Bonchev–Trinajstić information content (AvgIpc) is 3.15. The van der Waals surface area contributed by atoms with Gasteiger partial charge < -0.3 is 14.6 Å². The third kappa shape index (κ3) is 41.1. The van der Waals surface area contributed by atoms with Gasteiger partial charge in [0.1, 0.15) is 6.61 Å². The quantitative estimate of drug-likeness (QED) is 0.0384. The fourth-order valence-electron chi connectivity index (χ4n) is 6.76. The molecule has 0 amide bonds. The third-order valence-electron chi connectivity index (χ3n) is 10.2. The predicted octanol–water partition coefficient (Wildman–Crippen LogP) is 14.6. The molecule has 0 aromatic carbocycles. The van der Waals surface area contributed by atoms with Gasteiger partial charge in [-0.2, -0.15) is 0 Å². The molecule has 0 bridgehead atoms. The van der Waals surface area contributed by atoms with E-state index in [0.29, 0.717) is 12.8 Å². The minimum atomic E-state index is -0.770. The van der Waals surface area contributed by atoms with Crippen molar-refractivity contribution < 1.29 is 24.2 Å². The minimum Gasteiger partial charge on any atom is -0.462 e. The third-order valence-corrected chi connectivity index (χ3v) is 10.2. The maximum absolute atomic E-state index is 12.2. The van der Waals surface area contributed by atoms with E-state index in [2.05, 4.69) is 38.2 Å². The molecule has 0 spiro atoms. The van der Waals surface area contributed by atoms with Crippen LogP contribution in [0.4, 0.5) is 0 Å². The van der Waals surface area contributed by atoms with Crippen LogP contribution >= 0.6 is 0 Å². The van der Waals surface area contributed by atoms with Crippen molar-refractivity contribution in [3.8, 4) is 0 Å². The molecule has 0 aromatic rings. The van der Waals surface area contributed by atoms with E-state index in [9.17, 15) is 14.7 Å². The van der Waals surface area contributed by atoms with Crippen LogP contribution in [0.15, 0.2) is 24.3 Å². The first-order valence-corrected chi connectivity index (χ1v) is 22.9. The van der Waals surface area contributed by atoms with E-state index >= 15 is 0 Å². The number of unbranched alkanes of at least 4 members (excludes halogenated alkanes) is 30. The van der Waals surface area contributed by atoms with Crippen LogP contribution in [0.2, 0.25) is 0 Å². The summed E-state index contributed by atoms with van der Waals surface area (Å²) in [5.74, 6) is -0.587. The molecule has 1 unspecified atom stereocenters. The minimum absolute atomic E-state index is 0.0654. The highest BCUT2D eigenvalue weighted by molar-refractivity contribution is 5.70. The summed E-state index contributed by atoms with van der Waals surface area (Å²) in [5.41, 5.74) is 0. The lowest BCUT2D eigenvalue weighted by atomic mass is 10.0. The molecular weight excluding hydrogens is 645 g/mol. The number of aliphatic hydroxyl groups is 1. The first kappa shape index (κ1) is 50.4.